The summed E-state index contributed by atoms with van der Waals surface area (Å²) in [4.78, 5) is 11.4. The molecule has 1 aromatic heterocycles. The van der Waals surface area contributed by atoms with E-state index in [1.54, 1.807) is 13.1 Å². The van der Waals surface area contributed by atoms with Gasteiger partial charge in [-0.2, -0.15) is 4.31 Å². The average Bonchev–Trinajstić information content (AvgIpc) is 2.99. The first-order valence-electron chi connectivity index (χ1n) is 6.71. The van der Waals surface area contributed by atoms with Gasteiger partial charge in [0.2, 0.25) is 10.0 Å². The van der Waals surface area contributed by atoms with E-state index in [-0.39, 0.29) is 10.9 Å². The number of likely N-dealkylation sites (N-methyl/N-ethyl adjacent to an activating group) is 1. The number of benzene rings is 1. The van der Waals surface area contributed by atoms with Crippen LogP contribution >= 0.6 is 0 Å². The Labute approximate surface area is 122 Å². The van der Waals surface area contributed by atoms with E-state index in [0.29, 0.717) is 17.5 Å². The minimum atomic E-state index is -3.55. The van der Waals surface area contributed by atoms with E-state index in [2.05, 4.69) is 5.32 Å². The molecule has 0 bridgehead atoms. The summed E-state index contributed by atoms with van der Waals surface area (Å²) in [6, 6.07) is 7.34. The molecule has 0 amide bonds. The third-order valence-corrected chi connectivity index (χ3v) is 5.72. The molecule has 1 aromatic carbocycles. The van der Waals surface area contributed by atoms with Gasteiger partial charge in [0, 0.05) is 31.1 Å². The summed E-state index contributed by atoms with van der Waals surface area (Å²) in [5, 5.41) is 3.75. The fourth-order valence-electron chi connectivity index (χ4n) is 2.52. The van der Waals surface area contributed by atoms with Crippen LogP contribution in [0, 0.1) is 0 Å². The van der Waals surface area contributed by atoms with Gasteiger partial charge < -0.3 is 9.73 Å². The molecule has 6 nitrogen and oxygen atoms in total. The lowest BCUT2D eigenvalue weighted by atomic mass is 10.2. The number of hydrogen-bond acceptors (Lipinski definition) is 5. The van der Waals surface area contributed by atoms with Crippen molar-refractivity contribution < 1.29 is 12.8 Å². The lowest BCUT2D eigenvalue weighted by molar-refractivity contribution is 0.388. The molecule has 2 heterocycles. The smallest absolute Gasteiger partial charge is 0.336 e. The molecule has 0 spiro atoms. The Morgan fingerprint density at radius 3 is 2.81 bits per heavy atom. The maximum Gasteiger partial charge on any atom is 0.336 e. The van der Waals surface area contributed by atoms with Crippen molar-refractivity contribution in [3.8, 4) is 0 Å². The summed E-state index contributed by atoms with van der Waals surface area (Å²) in [5.41, 5.74) is -0.0705. The summed E-state index contributed by atoms with van der Waals surface area (Å²) in [6.45, 7) is 1.49. The van der Waals surface area contributed by atoms with Gasteiger partial charge in [-0.05, 0) is 37.2 Å². The summed E-state index contributed by atoms with van der Waals surface area (Å²) in [5.74, 6) is 0. The Bertz CT molecular complexity index is 822. The quantitative estimate of drug-likeness (QED) is 0.848. The van der Waals surface area contributed by atoms with E-state index in [4.69, 9.17) is 4.42 Å². The third kappa shape index (κ3) is 2.59. The highest BCUT2D eigenvalue weighted by Gasteiger charge is 2.30. The molecule has 0 aliphatic carbocycles. The first kappa shape index (κ1) is 14.2. The van der Waals surface area contributed by atoms with Crippen molar-refractivity contribution in [1.29, 1.82) is 0 Å². The first-order chi connectivity index (χ1) is 9.98. The van der Waals surface area contributed by atoms with Gasteiger partial charge >= 0.3 is 5.63 Å². The van der Waals surface area contributed by atoms with Crippen LogP contribution in [0.15, 0.2) is 44.4 Å². The molecule has 1 aliphatic rings. The van der Waals surface area contributed by atoms with E-state index in [9.17, 15) is 13.2 Å². The molecule has 112 valence electrons. The predicted octanol–water partition coefficient (Wildman–Crippen LogP) is 0.775. The van der Waals surface area contributed by atoms with Crippen molar-refractivity contribution in [2.75, 3.05) is 20.1 Å². The summed E-state index contributed by atoms with van der Waals surface area (Å²) in [7, 11) is -1.95. The van der Waals surface area contributed by atoms with Crippen molar-refractivity contribution in [3.63, 3.8) is 0 Å². The Balaban J connectivity index is 2.02. The topological polar surface area (TPSA) is 79.6 Å². The van der Waals surface area contributed by atoms with Crippen LogP contribution in [0.3, 0.4) is 0 Å². The minimum absolute atomic E-state index is 0.0283. The van der Waals surface area contributed by atoms with E-state index < -0.39 is 15.6 Å². The van der Waals surface area contributed by atoms with Crippen LogP contribution in [-0.4, -0.2) is 38.9 Å². The average molecular weight is 308 g/mol. The van der Waals surface area contributed by atoms with Gasteiger partial charge in [-0.25, -0.2) is 13.2 Å². The fourth-order valence-corrected chi connectivity index (χ4v) is 3.94. The molecule has 2 aromatic rings. The maximum atomic E-state index is 12.6. The Morgan fingerprint density at radius 2 is 2.10 bits per heavy atom. The summed E-state index contributed by atoms with van der Waals surface area (Å²) < 4.78 is 31.7. The number of nitrogens with one attached hydrogen (secondary N) is 1. The lowest BCUT2D eigenvalue weighted by Crippen LogP contribution is -2.38. The third-order valence-electron chi connectivity index (χ3n) is 3.82. The van der Waals surface area contributed by atoms with Crippen molar-refractivity contribution in [2.24, 2.45) is 0 Å². The van der Waals surface area contributed by atoms with Gasteiger partial charge in [0.15, 0.2) is 0 Å². The molecular formula is C14H16N2O4S. The van der Waals surface area contributed by atoms with Crippen molar-refractivity contribution >= 4 is 21.0 Å². The minimum Gasteiger partial charge on any atom is -0.423 e. The molecule has 1 atom stereocenters. The Kier molecular flexibility index (Phi) is 3.56. The molecule has 0 radical (unpaired) electrons. The standard InChI is InChI=1S/C14H16N2O4S/c1-16(11-6-7-15-9-11)21(18,19)12-3-4-13-10(8-12)2-5-14(17)20-13/h2-5,8,11,15H,6-7,9H2,1H3. The zero-order valence-corrected chi connectivity index (χ0v) is 12.4. The molecule has 1 saturated heterocycles. The van der Waals surface area contributed by atoms with E-state index in [1.807, 2.05) is 0 Å². The second-order valence-corrected chi connectivity index (χ2v) is 7.12. The normalized spacial score (nSPS) is 19.4. The highest BCUT2D eigenvalue weighted by molar-refractivity contribution is 7.89. The van der Waals surface area contributed by atoms with E-state index in [0.717, 1.165) is 13.0 Å². The Hall–Kier alpha value is -1.70. The molecule has 21 heavy (non-hydrogen) atoms. The number of hydrogen-bond donors (Lipinski definition) is 1. The van der Waals surface area contributed by atoms with Gasteiger partial charge in [-0.1, -0.05) is 0 Å². The molecule has 1 N–H and O–H groups in total. The summed E-state index contributed by atoms with van der Waals surface area (Å²) in [6.07, 6.45) is 0.804. The van der Waals surface area contributed by atoms with Crippen LogP contribution in [0.1, 0.15) is 6.42 Å². The van der Waals surface area contributed by atoms with Crippen LogP contribution < -0.4 is 10.9 Å². The van der Waals surface area contributed by atoms with Crippen LogP contribution in [0.5, 0.6) is 0 Å². The highest BCUT2D eigenvalue weighted by Crippen LogP contribution is 2.23. The van der Waals surface area contributed by atoms with Crippen LogP contribution in [0.2, 0.25) is 0 Å². The fraction of sp³-hybridized carbons (Fsp3) is 0.357. The molecule has 0 saturated carbocycles. The van der Waals surface area contributed by atoms with Crippen molar-refractivity contribution in [1.82, 2.24) is 9.62 Å². The second kappa shape index (κ2) is 5.25. The molecule has 1 fully saturated rings. The molecule has 3 rings (SSSR count). The zero-order chi connectivity index (χ0) is 15.0. The van der Waals surface area contributed by atoms with Crippen molar-refractivity contribution in [3.05, 3.63) is 40.8 Å². The molecule has 1 unspecified atom stereocenters. The number of sulfonamides is 1. The van der Waals surface area contributed by atoms with Crippen LogP contribution in [-0.2, 0) is 10.0 Å². The van der Waals surface area contributed by atoms with E-state index in [1.165, 1.54) is 28.6 Å². The van der Waals surface area contributed by atoms with Crippen LogP contribution in [0.25, 0.3) is 11.0 Å². The predicted molar refractivity (Wildman–Crippen MR) is 78.7 cm³/mol. The number of rotatable bonds is 3. The lowest BCUT2D eigenvalue weighted by Gasteiger charge is -2.23. The monoisotopic (exact) mass is 308 g/mol. The highest BCUT2D eigenvalue weighted by atomic mass is 32.2. The molecule has 1 aliphatic heterocycles. The zero-order valence-electron chi connectivity index (χ0n) is 11.6. The largest absolute Gasteiger partial charge is 0.423 e. The second-order valence-electron chi connectivity index (χ2n) is 5.12. The van der Waals surface area contributed by atoms with Gasteiger partial charge in [0.25, 0.3) is 0 Å². The first-order valence-corrected chi connectivity index (χ1v) is 8.15. The van der Waals surface area contributed by atoms with Gasteiger partial charge in [0.05, 0.1) is 4.90 Å². The molecular weight excluding hydrogens is 292 g/mol. The SMILES string of the molecule is CN(C1CCNC1)S(=O)(=O)c1ccc2oc(=O)ccc2c1. The maximum absolute atomic E-state index is 12.6. The van der Waals surface area contributed by atoms with Gasteiger partial charge in [0.1, 0.15) is 5.58 Å². The number of fused-ring (bicyclic) bond motifs is 1. The van der Waals surface area contributed by atoms with E-state index >= 15 is 0 Å². The summed E-state index contributed by atoms with van der Waals surface area (Å²) >= 11 is 0. The van der Waals surface area contributed by atoms with Crippen LogP contribution in [0.4, 0.5) is 0 Å². The Morgan fingerprint density at radius 1 is 1.29 bits per heavy atom. The molecule has 7 heteroatoms. The van der Waals surface area contributed by atoms with Crippen molar-refractivity contribution in [2.45, 2.75) is 17.4 Å². The van der Waals surface area contributed by atoms with Gasteiger partial charge in [-0.15, -0.1) is 0 Å². The van der Waals surface area contributed by atoms with Gasteiger partial charge in [-0.3, -0.25) is 0 Å². The number of nitrogens with zero attached hydrogens (tertiary/aromatic N) is 1.